The molecule has 0 saturated carbocycles. The largest absolute Gasteiger partial charge is 0.375 e. The highest BCUT2D eigenvalue weighted by Gasteiger charge is 2.17. The highest BCUT2D eigenvalue weighted by Crippen LogP contribution is 2.11. The van der Waals surface area contributed by atoms with E-state index in [9.17, 15) is 4.79 Å². The minimum atomic E-state index is 0.129. The van der Waals surface area contributed by atoms with Crippen LogP contribution in [-0.4, -0.2) is 63.1 Å². The summed E-state index contributed by atoms with van der Waals surface area (Å²) in [7, 11) is 2.12. The zero-order valence-electron chi connectivity index (χ0n) is 16.2. The topological polar surface area (TPSA) is 60.0 Å². The molecule has 0 radical (unpaired) electrons. The van der Waals surface area contributed by atoms with Crippen molar-refractivity contribution in [2.24, 2.45) is 4.99 Å². The van der Waals surface area contributed by atoms with Crippen molar-refractivity contribution in [2.45, 2.75) is 32.6 Å². The summed E-state index contributed by atoms with van der Waals surface area (Å²) in [6, 6.07) is 10.4. The van der Waals surface area contributed by atoms with Crippen molar-refractivity contribution in [3.63, 3.8) is 0 Å². The molecule has 144 valence electrons. The van der Waals surface area contributed by atoms with E-state index >= 15 is 0 Å². The lowest BCUT2D eigenvalue weighted by Crippen LogP contribution is -2.39. The number of guanidine groups is 1. The van der Waals surface area contributed by atoms with E-state index < -0.39 is 0 Å². The van der Waals surface area contributed by atoms with E-state index in [0.717, 1.165) is 64.4 Å². The second kappa shape index (κ2) is 11.4. The van der Waals surface area contributed by atoms with Gasteiger partial charge in [0.1, 0.15) is 6.54 Å². The van der Waals surface area contributed by atoms with Crippen LogP contribution in [0.5, 0.6) is 0 Å². The molecule has 1 heterocycles. The molecule has 0 atom stereocenters. The van der Waals surface area contributed by atoms with Crippen molar-refractivity contribution < 1.29 is 4.79 Å². The molecule has 1 fully saturated rings. The molecule has 0 aliphatic carbocycles. The first-order valence-corrected chi connectivity index (χ1v) is 9.77. The monoisotopic (exact) mass is 359 g/mol. The fourth-order valence-electron chi connectivity index (χ4n) is 3.05. The van der Waals surface area contributed by atoms with Crippen LogP contribution in [0.3, 0.4) is 0 Å². The van der Waals surface area contributed by atoms with Crippen molar-refractivity contribution in [1.82, 2.24) is 15.5 Å². The number of anilines is 1. The molecule has 0 unspecified atom stereocenters. The maximum atomic E-state index is 12.1. The van der Waals surface area contributed by atoms with E-state index in [1.165, 1.54) is 5.69 Å². The fourth-order valence-corrected chi connectivity index (χ4v) is 3.05. The predicted molar refractivity (Wildman–Crippen MR) is 109 cm³/mol. The number of carbonyl (C=O) groups excluding carboxylic acids is 1. The summed E-state index contributed by atoms with van der Waals surface area (Å²) < 4.78 is 0. The summed E-state index contributed by atoms with van der Waals surface area (Å²) in [5.74, 6) is 0.862. The van der Waals surface area contributed by atoms with Crippen LogP contribution in [0.2, 0.25) is 0 Å². The number of amides is 1. The molecule has 2 rings (SSSR count). The number of nitrogens with one attached hydrogen (secondary N) is 2. The zero-order chi connectivity index (χ0) is 18.6. The predicted octanol–water partition coefficient (Wildman–Crippen LogP) is 2.08. The molecular weight excluding hydrogens is 326 g/mol. The van der Waals surface area contributed by atoms with Crippen LogP contribution in [0.4, 0.5) is 5.69 Å². The number of nitrogens with zero attached hydrogens (tertiary/aromatic N) is 3. The average Bonchev–Trinajstić information content (AvgIpc) is 3.21. The molecule has 1 aromatic carbocycles. The summed E-state index contributed by atoms with van der Waals surface area (Å²) >= 11 is 0. The van der Waals surface area contributed by atoms with E-state index in [4.69, 9.17) is 0 Å². The Labute approximate surface area is 157 Å². The Balaban J connectivity index is 1.65. The summed E-state index contributed by atoms with van der Waals surface area (Å²) in [6.45, 7) is 6.70. The molecule has 1 saturated heterocycles. The van der Waals surface area contributed by atoms with Crippen molar-refractivity contribution in [2.75, 3.05) is 51.2 Å². The lowest BCUT2D eigenvalue weighted by Gasteiger charge is -2.19. The third-order valence-electron chi connectivity index (χ3n) is 4.59. The van der Waals surface area contributed by atoms with Gasteiger partial charge in [0.25, 0.3) is 0 Å². The minimum Gasteiger partial charge on any atom is -0.375 e. The van der Waals surface area contributed by atoms with Gasteiger partial charge in [0.15, 0.2) is 5.96 Å². The standard InChI is InChI=1S/C20H33N5O/c1-3-21-20(23-17-19(26)25-15-9-10-16-25)22-13-7-8-14-24(2)18-11-5-4-6-12-18/h4-6,11-12H,3,7-10,13-17H2,1-2H3,(H2,21,22,23). The first-order chi connectivity index (χ1) is 12.7. The van der Waals surface area contributed by atoms with E-state index in [0.29, 0.717) is 0 Å². The van der Waals surface area contributed by atoms with Gasteiger partial charge in [-0.05, 0) is 44.7 Å². The van der Waals surface area contributed by atoms with Gasteiger partial charge in [0.2, 0.25) is 5.91 Å². The lowest BCUT2D eigenvalue weighted by atomic mass is 10.2. The Morgan fingerprint density at radius 2 is 1.88 bits per heavy atom. The highest BCUT2D eigenvalue weighted by atomic mass is 16.2. The lowest BCUT2D eigenvalue weighted by molar-refractivity contribution is -0.128. The number of para-hydroxylation sites is 1. The number of benzene rings is 1. The first-order valence-electron chi connectivity index (χ1n) is 9.77. The molecule has 6 heteroatoms. The van der Waals surface area contributed by atoms with Gasteiger partial charge < -0.3 is 20.4 Å². The Bertz CT molecular complexity index is 555. The van der Waals surface area contributed by atoms with Crippen LogP contribution in [0, 0.1) is 0 Å². The molecule has 1 amide bonds. The molecule has 1 aliphatic rings. The second-order valence-electron chi connectivity index (χ2n) is 6.67. The molecule has 1 aromatic rings. The van der Waals surface area contributed by atoms with Gasteiger partial charge in [0, 0.05) is 45.5 Å². The Morgan fingerprint density at radius 3 is 2.58 bits per heavy atom. The third-order valence-corrected chi connectivity index (χ3v) is 4.59. The van der Waals surface area contributed by atoms with Crippen molar-refractivity contribution in [3.05, 3.63) is 30.3 Å². The molecule has 0 spiro atoms. The van der Waals surface area contributed by atoms with E-state index in [2.05, 4.69) is 51.8 Å². The molecular formula is C20H33N5O. The molecule has 2 N–H and O–H groups in total. The van der Waals surface area contributed by atoms with Gasteiger partial charge in [-0.15, -0.1) is 0 Å². The van der Waals surface area contributed by atoms with E-state index in [1.54, 1.807) is 0 Å². The van der Waals surface area contributed by atoms with Gasteiger partial charge in [-0.2, -0.15) is 0 Å². The SMILES string of the molecule is CCNC(=NCC(=O)N1CCCC1)NCCCCN(C)c1ccccc1. The maximum absolute atomic E-state index is 12.1. The number of carbonyl (C=O) groups is 1. The molecule has 6 nitrogen and oxygen atoms in total. The number of unbranched alkanes of at least 4 members (excludes halogenated alkanes) is 1. The van der Waals surface area contributed by atoms with Crippen molar-refractivity contribution >= 4 is 17.6 Å². The highest BCUT2D eigenvalue weighted by molar-refractivity contribution is 5.85. The summed E-state index contributed by atoms with van der Waals surface area (Å²) in [6.07, 6.45) is 4.39. The van der Waals surface area contributed by atoms with Crippen LogP contribution >= 0.6 is 0 Å². The molecule has 26 heavy (non-hydrogen) atoms. The van der Waals surface area contributed by atoms with E-state index in [-0.39, 0.29) is 12.5 Å². The zero-order valence-corrected chi connectivity index (χ0v) is 16.2. The fraction of sp³-hybridized carbons (Fsp3) is 0.600. The maximum Gasteiger partial charge on any atom is 0.244 e. The Morgan fingerprint density at radius 1 is 1.15 bits per heavy atom. The summed E-state index contributed by atoms with van der Waals surface area (Å²) in [5.41, 5.74) is 1.25. The van der Waals surface area contributed by atoms with Crippen LogP contribution in [0.25, 0.3) is 0 Å². The molecule has 0 bridgehead atoms. The normalized spacial score (nSPS) is 14.4. The van der Waals surface area contributed by atoms with Gasteiger partial charge in [0.05, 0.1) is 0 Å². The number of hydrogen-bond acceptors (Lipinski definition) is 3. The van der Waals surface area contributed by atoms with Gasteiger partial charge in [-0.3, -0.25) is 4.79 Å². The first kappa shape index (κ1) is 20.1. The molecule has 0 aromatic heterocycles. The number of hydrogen-bond donors (Lipinski definition) is 2. The smallest absolute Gasteiger partial charge is 0.244 e. The number of aliphatic imine (C=N–C) groups is 1. The number of rotatable bonds is 9. The summed E-state index contributed by atoms with van der Waals surface area (Å²) in [5, 5.41) is 6.54. The quantitative estimate of drug-likeness (QED) is 0.403. The van der Waals surface area contributed by atoms with Gasteiger partial charge in [-0.25, -0.2) is 4.99 Å². The van der Waals surface area contributed by atoms with Gasteiger partial charge in [-0.1, -0.05) is 18.2 Å². The number of likely N-dealkylation sites (tertiary alicyclic amines) is 1. The third kappa shape index (κ3) is 6.94. The van der Waals surface area contributed by atoms with Crippen molar-refractivity contribution in [3.8, 4) is 0 Å². The van der Waals surface area contributed by atoms with Crippen LogP contribution in [-0.2, 0) is 4.79 Å². The van der Waals surface area contributed by atoms with Crippen LogP contribution in [0.15, 0.2) is 35.3 Å². The Kier molecular flexibility index (Phi) is 8.79. The summed E-state index contributed by atoms with van der Waals surface area (Å²) in [4.78, 5) is 20.7. The van der Waals surface area contributed by atoms with Crippen molar-refractivity contribution in [1.29, 1.82) is 0 Å². The van der Waals surface area contributed by atoms with E-state index in [1.807, 2.05) is 17.9 Å². The van der Waals surface area contributed by atoms with Crippen LogP contribution < -0.4 is 15.5 Å². The van der Waals surface area contributed by atoms with Crippen LogP contribution in [0.1, 0.15) is 32.6 Å². The molecule has 1 aliphatic heterocycles. The minimum absolute atomic E-state index is 0.129. The van der Waals surface area contributed by atoms with Gasteiger partial charge >= 0.3 is 0 Å². The average molecular weight is 360 g/mol. The Hall–Kier alpha value is -2.24. The second-order valence-corrected chi connectivity index (χ2v) is 6.67.